The van der Waals surface area contributed by atoms with Gasteiger partial charge < -0.3 is 12.8 Å². The van der Waals surface area contributed by atoms with Crippen molar-refractivity contribution in [2.24, 2.45) is 0 Å². The summed E-state index contributed by atoms with van der Waals surface area (Å²) in [5.41, 5.74) is 0. The van der Waals surface area contributed by atoms with Gasteiger partial charge in [-0.3, -0.25) is 0 Å². The molecule has 0 amide bonds. The average molecular weight is 495 g/mol. The molecule has 0 unspecified atom stereocenters. The molecule has 2 aliphatic rings. The van der Waals surface area contributed by atoms with Gasteiger partial charge in [0.05, 0.1) is 0 Å². The Bertz CT molecular complexity index is 171. The topological polar surface area (TPSA) is 22.3 Å². The van der Waals surface area contributed by atoms with E-state index in [0.29, 0.717) is 0 Å². The zero-order valence-corrected chi connectivity index (χ0v) is 19.8. The zero-order chi connectivity index (χ0) is 17.0. The summed E-state index contributed by atoms with van der Waals surface area (Å²) in [7, 11) is 22.2. The molecule has 140 valence electrons. The summed E-state index contributed by atoms with van der Waals surface area (Å²) in [5.74, 6) is 0. The third-order valence-electron chi connectivity index (χ3n) is 2.50. The summed E-state index contributed by atoms with van der Waals surface area (Å²) in [4.78, 5) is 0. The van der Waals surface area contributed by atoms with Gasteiger partial charge in [0.1, 0.15) is 0 Å². The van der Waals surface area contributed by atoms with E-state index in [-0.39, 0.29) is 22.3 Å². The Morgan fingerprint density at radius 2 is 0.864 bits per heavy atom. The number of rotatable bonds is 0. The first-order valence-electron chi connectivity index (χ1n) is 6.86. The van der Waals surface area contributed by atoms with Crippen molar-refractivity contribution in [3.63, 3.8) is 0 Å². The van der Waals surface area contributed by atoms with Crippen molar-refractivity contribution in [2.75, 3.05) is 0 Å². The summed E-state index contributed by atoms with van der Waals surface area (Å²) >= 11 is -0.0903. The second-order valence-electron chi connectivity index (χ2n) is 4.22. The molecule has 0 aromatic rings. The Balaban J connectivity index is -0.0000000931. The second kappa shape index (κ2) is 27.9. The first-order chi connectivity index (χ1) is 9.83. The number of hydrogen-bond acceptors (Lipinski definition) is 0. The van der Waals surface area contributed by atoms with E-state index in [9.17, 15) is 0 Å². The predicted octanol–water partition coefficient (Wildman–Crippen LogP) is 8.41. The van der Waals surface area contributed by atoms with Crippen LogP contribution in [0.5, 0.6) is 0 Å². The quantitative estimate of drug-likeness (QED) is 0.183. The fourth-order valence-corrected chi connectivity index (χ4v) is 1.77. The summed E-state index contributed by atoms with van der Waals surface area (Å²) < 4.78 is 0. The third-order valence-corrected chi connectivity index (χ3v) is 2.50. The fourth-order valence-electron chi connectivity index (χ4n) is 1.77. The van der Waals surface area contributed by atoms with Crippen LogP contribution in [0.1, 0.15) is 71.1 Å². The summed E-state index contributed by atoms with van der Waals surface area (Å²) in [5, 5.41) is 10.8. The molecule has 0 aliphatic heterocycles. The van der Waals surface area contributed by atoms with Gasteiger partial charge in [0.25, 0.3) is 0 Å². The summed E-state index contributed by atoms with van der Waals surface area (Å²) in [6.07, 6.45) is 16.0. The van der Waals surface area contributed by atoms with Gasteiger partial charge in [-0.25, -0.2) is 6.21 Å². The summed E-state index contributed by atoms with van der Waals surface area (Å²) in [6.45, 7) is 1.56. The molecule has 0 N–H and O–H groups in total. The van der Waals surface area contributed by atoms with E-state index in [1.54, 1.807) is 6.92 Å². The number of hydrogen-bond donors (Lipinski definition) is 0. The minimum absolute atomic E-state index is 0. The first-order valence-corrected chi connectivity index (χ1v) is 15.8. The fraction of sp³-hybridized carbons (Fsp3) is 0.786. The second-order valence-corrected chi connectivity index (χ2v) is 16.5. The Labute approximate surface area is 168 Å². The Hall–Kier alpha value is 2.09. The van der Waals surface area contributed by atoms with E-state index in [4.69, 9.17) is 55.6 Å². The van der Waals surface area contributed by atoms with Crippen molar-refractivity contribution >= 4 is 61.7 Å². The Kier molecular flexibility index (Phi) is 40.4. The van der Waals surface area contributed by atoms with Gasteiger partial charge in [-0.05, 0) is 0 Å². The molecule has 0 spiro atoms. The van der Waals surface area contributed by atoms with E-state index >= 15 is 0 Å². The van der Waals surface area contributed by atoms with E-state index in [0.717, 1.165) is 6.21 Å². The zero-order valence-electron chi connectivity index (χ0n) is 13.5. The maximum absolute atomic E-state index is 7.44. The van der Waals surface area contributed by atoms with Gasteiger partial charge in [-0.2, -0.15) is 0 Å². The Morgan fingerprint density at radius 1 is 0.818 bits per heavy atom. The predicted molar refractivity (Wildman–Crippen MR) is 104 cm³/mol. The van der Waals surface area contributed by atoms with Crippen LogP contribution in [0.15, 0.2) is 0 Å². The van der Waals surface area contributed by atoms with Gasteiger partial charge >= 0.3 is 79.6 Å². The number of nitrogens with zero attached hydrogens (tertiary/aromatic N) is 1. The van der Waals surface area contributed by atoms with E-state index in [2.05, 4.69) is 5.23 Å². The van der Waals surface area contributed by atoms with Crippen molar-refractivity contribution in [3.8, 4) is 0 Å². The maximum atomic E-state index is 7.44. The van der Waals surface area contributed by atoms with Crippen molar-refractivity contribution in [3.05, 3.63) is 12.8 Å². The minimum atomic E-state index is -2.61. The molecule has 22 heavy (non-hydrogen) atoms. The first kappa shape index (κ1) is 31.8. The molecular weight excluding hydrogens is 466 g/mol. The van der Waals surface area contributed by atoms with Crippen LogP contribution in [0, 0.1) is 7.43 Å². The molecule has 2 saturated carbocycles. The van der Waals surface area contributed by atoms with Gasteiger partial charge in [0, 0.05) is 0 Å². The van der Waals surface area contributed by atoms with Crippen LogP contribution < -0.4 is 0 Å². The molecule has 0 bridgehead atoms. The average Bonchev–Trinajstić information content (AvgIpc) is 3.08. The van der Waals surface area contributed by atoms with Crippen LogP contribution in [0.25, 0.3) is 5.41 Å². The van der Waals surface area contributed by atoms with Crippen LogP contribution in [0.2, 0.25) is 0 Å². The SMILES string of the molecule is C1CCCC1.C1CCCC1.CC=[N-].[CH2]=[V][Cl].[CH3-].[Cl][Fe]([Cl])([Cl])[Cl]. The molecule has 0 aromatic heterocycles. The molecule has 0 saturated heterocycles. The molecule has 0 radical (unpaired) electrons. The van der Waals surface area contributed by atoms with Gasteiger partial charge in [0.15, 0.2) is 0 Å². The molecule has 2 rings (SSSR count). The van der Waals surface area contributed by atoms with Crippen LogP contribution in [-0.2, 0) is 24.1 Å². The molecule has 0 atom stereocenters. The van der Waals surface area contributed by atoms with Crippen molar-refractivity contribution in [1.29, 1.82) is 0 Å². The molecule has 8 heteroatoms. The number of halogens is 5. The van der Waals surface area contributed by atoms with Gasteiger partial charge in [0.2, 0.25) is 0 Å². The van der Waals surface area contributed by atoms with Crippen LogP contribution >= 0.6 is 50.2 Å². The summed E-state index contributed by atoms with van der Waals surface area (Å²) in [6, 6.07) is 0. The molecule has 1 nitrogen and oxygen atoms in total. The van der Waals surface area contributed by atoms with Gasteiger partial charge in [-0.1, -0.05) is 71.1 Å². The van der Waals surface area contributed by atoms with Gasteiger partial charge in [-0.15, -0.1) is 0 Å². The third kappa shape index (κ3) is 67.2. The van der Waals surface area contributed by atoms with E-state index in [1.165, 1.54) is 64.2 Å². The molecule has 0 heterocycles. The molecular formula is C14H29Cl5FeNV-2. The van der Waals surface area contributed by atoms with Crippen molar-refractivity contribution < 1.29 is 24.1 Å². The molecule has 0 aromatic carbocycles. The van der Waals surface area contributed by atoms with Crippen LogP contribution in [0.4, 0.5) is 0 Å². The van der Waals surface area contributed by atoms with Crippen LogP contribution in [0.3, 0.4) is 0 Å². The Morgan fingerprint density at radius 3 is 0.909 bits per heavy atom. The van der Waals surface area contributed by atoms with Crippen molar-refractivity contribution in [1.82, 2.24) is 0 Å². The van der Waals surface area contributed by atoms with Crippen molar-refractivity contribution in [2.45, 2.75) is 71.1 Å². The standard InChI is InChI=1S/2C5H10.C2H4N.CH3.CH2.5ClH.Fe.V/c2*1-2-4-5-3-1;1-2-3;;;;;;;;;/h2*1-5H2;2H,1H3;1H3;1H2;5*1H;;/q;;2*-1;;;;;;;+4;+1/p-5. The van der Waals surface area contributed by atoms with E-state index in [1.807, 2.05) is 0 Å². The van der Waals surface area contributed by atoms with E-state index < -0.39 is 9.20 Å². The molecule has 2 aliphatic carbocycles. The molecule has 2 fully saturated rings. The normalized spacial score (nSPS) is 15.5. The van der Waals surface area contributed by atoms with Crippen LogP contribution in [-0.4, -0.2) is 11.4 Å². The monoisotopic (exact) mass is 493 g/mol.